The number of hydrogen-bond acceptors (Lipinski definition) is 0. The SMILES string of the molecule is CCCCC1CC2C=CC1C2. The minimum Gasteiger partial charge on any atom is -0.0851 e. The number of rotatable bonds is 3. The summed E-state index contributed by atoms with van der Waals surface area (Å²) in [6.07, 6.45) is 12.2. The van der Waals surface area contributed by atoms with Crippen molar-refractivity contribution in [3.63, 3.8) is 0 Å². The zero-order valence-electron chi connectivity index (χ0n) is 7.42. The van der Waals surface area contributed by atoms with Crippen LogP contribution in [0.4, 0.5) is 0 Å². The van der Waals surface area contributed by atoms with E-state index in [1.165, 1.54) is 32.1 Å². The van der Waals surface area contributed by atoms with Gasteiger partial charge in [0.15, 0.2) is 0 Å². The molecule has 2 bridgehead atoms. The number of unbranched alkanes of at least 4 members (excludes halogenated alkanes) is 1. The molecule has 0 heterocycles. The molecule has 2 rings (SSSR count). The number of fused-ring (bicyclic) bond motifs is 2. The van der Waals surface area contributed by atoms with Gasteiger partial charge in [0.05, 0.1) is 0 Å². The molecule has 62 valence electrons. The van der Waals surface area contributed by atoms with Crippen LogP contribution in [-0.2, 0) is 0 Å². The van der Waals surface area contributed by atoms with Crippen LogP contribution in [0.2, 0.25) is 0 Å². The summed E-state index contributed by atoms with van der Waals surface area (Å²) in [7, 11) is 0. The summed E-state index contributed by atoms with van der Waals surface area (Å²) in [4.78, 5) is 0. The van der Waals surface area contributed by atoms with Crippen molar-refractivity contribution in [2.45, 2.75) is 39.0 Å². The smallest absolute Gasteiger partial charge is 0.0199 e. The fourth-order valence-electron chi connectivity index (χ4n) is 2.69. The molecule has 0 nitrogen and oxygen atoms in total. The molecule has 0 aromatic carbocycles. The predicted molar refractivity (Wildman–Crippen MR) is 48.4 cm³/mol. The summed E-state index contributed by atoms with van der Waals surface area (Å²) in [5.41, 5.74) is 0. The largest absolute Gasteiger partial charge is 0.0851 e. The van der Waals surface area contributed by atoms with E-state index in [9.17, 15) is 0 Å². The first kappa shape index (κ1) is 7.39. The average molecular weight is 150 g/mol. The van der Waals surface area contributed by atoms with E-state index in [1.54, 1.807) is 0 Å². The Morgan fingerprint density at radius 2 is 2.18 bits per heavy atom. The monoisotopic (exact) mass is 150 g/mol. The lowest BCUT2D eigenvalue weighted by Gasteiger charge is -2.16. The van der Waals surface area contributed by atoms with Crippen LogP contribution >= 0.6 is 0 Å². The summed E-state index contributed by atoms with van der Waals surface area (Å²) in [5, 5.41) is 0. The molecule has 1 saturated carbocycles. The molecule has 0 aromatic rings. The van der Waals surface area contributed by atoms with Gasteiger partial charge in [0.2, 0.25) is 0 Å². The van der Waals surface area contributed by atoms with E-state index in [-0.39, 0.29) is 0 Å². The Bertz CT molecular complexity index is 157. The van der Waals surface area contributed by atoms with E-state index in [2.05, 4.69) is 19.1 Å². The van der Waals surface area contributed by atoms with Crippen molar-refractivity contribution in [1.82, 2.24) is 0 Å². The molecule has 0 N–H and O–H groups in total. The summed E-state index contributed by atoms with van der Waals surface area (Å²) < 4.78 is 0. The Kier molecular flexibility index (Phi) is 2.02. The van der Waals surface area contributed by atoms with E-state index >= 15 is 0 Å². The van der Waals surface area contributed by atoms with Gasteiger partial charge in [-0.1, -0.05) is 31.9 Å². The van der Waals surface area contributed by atoms with Gasteiger partial charge in [0.25, 0.3) is 0 Å². The first-order chi connectivity index (χ1) is 5.40. The first-order valence-corrected chi connectivity index (χ1v) is 5.08. The van der Waals surface area contributed by atoms with Gasteiger partial charge in [-0.3, -0.25) is 0 Å². The van der Waals surface area contributed by atoms with Gasteiger partial charge in [0.1, 0.15) is 0 Å². The van der Waals surface area contributed by atoms with Crippen LogP contribution in [0.5, 0.6) is 0 Å². The van der Waals surface area contributed by atoms with Crippen LogP contribution in [-0.4, -0.2) is 0 Å². The molecule has 3 atom stereocenters. The topological polar surface area (TPSA) is 0 Å². The second-order valence-electron chi connectivity index (χ2n) is 4.18. The van der Waals surface area contributed by atoms with Crippen LogP contribution in [0.3, 0.4) is 0 Å². The fourth-order valence-corrected chi connectivity index (χ4v) is 2.69. The van der Waals surface area contributed by atoms with Crippen molar-refractivity contribution >= 4 is 0 Å². The quantitative estimate of drug-likeness (QED) is 0.541. The van der Waals surface area contributed by atoms with E-state index < -0.39 is 0 Å². The van der Waals surface area contributed by atoms with Gasteiger partial charge in [0, 0.05) is 0 Å². The van der Waals surface area contributed by atoms with E-state index in [0.29, 0.717) is 0 Å². The van der Waals surface area contributed by atoms with Crippen LogP contribution in [0, 0.1) is 17.8 Å². The molecule has 3 unspecified atom stereocenters. The van der Waals surface area contributed by atoms with Gasteiger partial charge in [-0.05, 0) is 37.0 Å². The molecule has 0 aromatic heterocycles. The Labute approximate surface area is 69.7 Å². The highest BCUT2D eigenvalue weighted by molar-refractivity contribution is 5.09. The van der Waals surface area contributed by atoms with Crippen molar-refractivity contribution in [1.29, 1.82) is 0 Å². The van der Waals surface area contributed by atoms with E-state index in [1.807, 2.05) is 0 Å². The first-order valence-electron chi connectivity index (χ1n) is 5.08. The highest BCUT2D eigenvalue weighted by atomic mass is 14.4. The zero-order chi connectivity index (χ0) is 7.68. The molecule has 0 heteroatoms. The Hall–Kier alpha value is -0.260. The fraction of sp³-hybridized carbons (Fsp3) is 0.818. The third-order valence-electron chi connectivity index (χ3n) is 3.34. The molecule has 2 aliphatic rings. The number of allylic oxidation sites excluding steroid dienone is 2. The van der Waals surface area contributed by atoms with Crippen LogP contribution in [0.15, 0.2) is 12.2 Å². The molecule has 0 spiro atoms. The maximum absolute atomic E-state index is 2.47. The molecule has 0 amide bonds. The highest BCUT2D eigenvalue weighted by Gasteiger charge is 2.34. The van der Waals surface area contributed by atoms with Crippen LogP contribution < -0.4 is 0 Å². The molecule has 0 radical (unpaired) electrons. The van der Waals surface area contributed by atoms with Crippen molar-refractivity contribution < 1.29 is 0 Å². The Morgan fingerprint density at radius 3 is 2.73 bits per heavy atom. The maximum atomic E-state index is 2.47. The lowest BCUT2D eigenvalue weighted by atomic mass is 9.89. The molecule has 1 fully saturated rings. The average Bonchev–Trinajstić information content (AvgIpc) is 2.60. The van der Waals surface area contributed by atoms with Crippen molar-refractivity contribution in [2.75, 3.05) is 0 Å². The van der Waals surface area contributed by atoms with Gasteiger partial charge in [-0.2, -0.15) is 0 Å². The van der Waals surface area contributed by atoms with Crippen molar-refractivity contribution in [3.05, 3.63) is 12.2 Å². The second-order valence-corrected chi connectivity index (χ2v) is 4.18. The second kappa shape index (κ2) is 3.00. The lowest BCUT2D eigenvalue weighted by Crippen LogP contribution is -2.06. The molecule has 0 aliphatic heterocycles. The third kappa shape index (κ3) is 1.36. The maximum Gasteiger partial charge on any atom is -0.0199 e. The molecule has 2 aliphatic carbocycles. The third-order valence-corrected chi connectivity index (χ3v) is 3.34. The molecule has 0 saturated heterocycles. The zero-order valence-corrected chi connectivity index (χ0v) is 7.42. The highest BCUT2D eigenvalue weighted by Crippen LogP contribution is 2.45. The molecular formula is C11H18. The molecule has 11 heavy (non-hydrogen) atoms. The lowest BCUT2D eigenvalue weighted by molar-refractivity contribution is 0.402. The van der Waals surface area contributed by atoms with Gasteiger partial charge >= 0.3 is 0 Å². The van der Waals surface area contributed by atoms with Crippen molar-refractivity contribution in [3.8, 4) is 0 Å². The van der Waals surface area contributed by atoms with Crippen molar-refractivity contribution in [2.24, 2.45) is 17.8 Å². The minimum atomic E-state index is 0.974. The standard InChI is InChI=1S/C11H18/c1-2-3-4-10-7-9-5-6-11(10)8-9/h5-6,9-11H,2-4,7-8H2,1H3. The summed E-state index contributed by atoms with van der Waals surface area (Å²) in [6, 6.07) is 0. The van der Waals surface area contributed by atoms with E-state index in [4.69, 9.17) is 0 Å². The Morgan fingerprint density at radius 1 is 1.27 bits per heavy atom. The van der Waals surface area contributed by atoms with Crippen LogP contribution in [0.1, 0.15) is 39.0 Å². The number of hydrogen-bond donors (Lipinski definition) is 0. The summed E-state index contributed by atoms with van der Waals surface area (Å²) in [6.45, 7) is 2.29. The Balaban J connectivity index is 1.84. The summed E-state index contributed by atoms with van der Waals surface area (Å²) >= 11 is 0. The van der Waals surface area contributed by atoms with Crippen LogP contribution in [0.25, 0.3) is 0 Å². The van der Waals surface area contributed by atoms with Gasteiger partial charge in [-0.15, -0.1) is 0 Å². The predicted octanol–water partition coefficient (Wildman–Crippen LogP) is 3.39. The molecular weight excluding hydrogens is 132 g/mol. The minimum absolute atomic E-state index is 0.974. The van der Waals surface area contributed by atoms with E-state index in [0.717, 1.165) is 17.8 Å². The van der Waals surface area contributed by atoms with Gasteiger partial charge in [-0.25, -0.2) is 0 Å². The summed E-state index contributed by atoms with van der Waals surface area (Å²) in [5.74, 6) is 3.01. The normalized spacial score (nSPS) is 40.3. The van der Waals surface area contributed by atoms with Gasteiger partial charge < -0.3 is 0 Å².